The highest BCUT2D eigenvalue weighted by atomic mass is 32.1. The minimum absolute atomic E-state index is 0.0732. The number of guanidine groups is 1. The van der Waals surface area contributed by atoms with Gasteiger partial charge in [0.05, 0.1) is 6.54 Å². The molecular weight excluding hydrogens is 632 g/mol. The Kier molecular flexibility index (Phi) is 10.3. The van der Waals surface area contributed by atoms with Crippen LogP contribution in [0.25, 0.3) is 0 Å². The van der Waals surface area contributed by atoms with Crippen molar-refractivity contribution in [1.29, 1.82) is 0 Å². The zero-order chi connectivity index (χ0) is 33.8. The van der Waals surface area contributed by atoms with Crippen LogP contribution in [-0.2, 0) is 43.4 Å². The van der Waals surface area contributed by atoms with E-state index in [1.807, 2.05) is 41.8 Å². The topological polar surface area (TPSA) is 192 Å². The molecule has 6 atom stereocenters. The molecule has 1 aliphatic carbocycles. The third-order valence-electron chi connectivity index (χ3n) is 10.1. The van der Waals surface area contributed by atoms with E-state index >= 15 is 0 Å². The minimum Gasteiger partial charge on any atom is -0.370 e. The van der Waals surface area contributed by atoms with E-state index in [2.05, 4.69) is 20.9 Å². The van der Waals surface area contributed by atoms with Crippen LogP contribution < -0.4 is 27.4 Å². The van der Waals surface area contributed by atoms with Crippen LogP contribution in [-0.4, -0.2) is 88.6 Å². The fraction of sp³-hybridized carbons (Fsp3) is 0.529. The van der Waals surface area contributed by atoms with E-state index < -0.39 is 48.4 Å². The van der Waals surface area contributed by atoms with E-state index in [1.165, 1.54) is 11.3 Å². The van der Waals surface area contributed by atoms with Gasteiger partial charge in [-0.25, -0.2) is 0 Å². The Bertz CT molecular complexity index is 1560. The molecule has 7 N–H and O–H groups in total. The second kappa shape index (κ2) is 14.8. The Morgan fingerprint density at radius 1 is 0.896 bits per heavy atom. The van der Waals surface area contributed by atoms with Crippen LogP contribution >= 0.6 is 11.3 Å². The van der Waals surface area contributed by atoms with E-state index in [-0.39, 0.29) is 55.7 Å². The number of carbonyl (C=O) groups is 5. The van der Waals surface area contributed by atoms with Crippen molar-refractivity contribution in [3.8, 4) is 0 Å². The van der Waals surface area contributed by atoms with Gasteiger partial charge in [-0.2, -0.15) is 0 Å². The van der Waals surface area contributed by atoms with E-state index in [1.54, 1.807) is 9.80 Å². The number of thiophene rings is 1. The highest BCUT2D eigenvalue weighted by Crippen LogP contribution is 2.41. The molecule has 48 heavy (non-hydrogen) atoms. The van der Waals surface area contributed by atoms with E-state index in [0.717, 1.165) is 41.7 Å². The first-order valence-electron chi connectivity index (χ1n) is 16.8. The molecule has 1 aromatic heterocycles. The average molecular weight is 677 g/mol. The van der Waals surface area contributed by atoms with Crippen molar-refractivity contribution in [3.63, 3.8) is 0 Å². The third kappa shape index (κ3) is 7.33. The summed E-state index contributed by atoms with van der Waals surface area (Å²) in [4.78, 5) is 78.6. The summed E-state index contributed by atoms with van der Waals surface area (Å²) < 4.78 is 0. The molecule has 0 unspecified atom stereocenters. The number of nitrogens with zero attached hydrogens (tertiary/aromatic N) is 3. The average Bonchev–Trinajstić information content (AvgIpc) is 3.74. The molecule has 0 radical (unpaired) electrons. The summed E-state index contributed by atoms with van der Waals surface area (Å²) in [7, 11) is 0. The molecule has 6 rings (SSSR count). The first-order chi connectivity index (χ1) is 23.2. The predicted octanol–water partition coefficient (Wildman–Crippen LogP) is 0.557. The van der Waals surface area contributed by atoms with Crippen molar-refractivity contribution in [3.05, 3.63) is 57.8 Å². The lowest BCUT2D eigenvalue weighted by atomic mass is 9.84. The first-order valence-corrected chi connectivity index (χ1v) is 17.7. The smallest absolute Gasteiger partial charge is 0.246 e. The van der Waals surface area contributed by atoms with Crippen molar-refractivity contribution >= 4 is 46.8 Å². The van der Waals surface area contributed by atoms with Gasteiger partial charge in [0.1, 0.15) is 24.2 Å². The Morgan fingerprint density at radius 3 is 2.46 bits per heavy atom. The number of hydrogen-bond donors (Lipinski definition) is 5. The highest BCUT2D eigenvalue weighted by molar-refractivity contribution is 7.09. The van der Waals surface area contributed by atoms with Crippen molar-refractivity contribution in [1.82, 2.24) is 25.8 Å². The second-order valence-corrected chi connectivity index (χ2v) is 14.2. The van der Waals surface area contributed by atoms with Gasteiger partial charge < -0.3 is 37.2 Å². The number of carbonyl (C=O) groups excluding carboxylic acids is 5. The molecule has 14 heteroatoms. The van der Waals surface area contributed by atoms with E-state index in [4.69, 9.17) is 11.5 Å². The van der Waals surface area contributed by atoms with Crippen LogP contribution in [0.5, 0.6) is 0 Å². The Labute approximate surface area is 283 Å². The summed E-state index contributed by atoms with van der Waals surface area (Å²) >= 11 is 1.48. The van der Waals surface area contributed by atoms with Gasteiger partial charge in [-0.05, 0) is 60.6 Å². The van der Waals surface area contributed by atoms with Gasteiger partial charge in [0.15, 0.2) is 5.96 Å². The van der Waals surface area contributed by atoms with E-state index in [0.29, 0.717) is 19.3 Å². The molecule has 2 saturated heterocycles. The summed E-state index contributed by atoms with van der Waals surface area (Å²) in [6.07, 6.45) is 5.30. The largest absolute Gasteiger partial charge is 0.370 e. The fourth-order valence-corrected chi connectivity index (χ4v) is 8.52. The van der Waals surface area contributed by atoms with Gasteiger partial charge in [0, 0.05) is 36.9 Å². The summed E-state index contributed by atoms with van der Waals surface area (Å²) in [5.41, 5.74) is 12.9. The van der Waals surface area contributed by atoms with Crippen LogP contribution in [0.2, 0.25) is 0 Å². The Hall–Kier alpha value is -4.46. The molecule has 0 spiro atoms. The summed E-state index contributed by atoms with van der Waals surface area (Å²) in [6, 6.07) is 7.82. The molecule has 4 aliphatic rings. The maximum absolute atomic E-state index is 14.9. The summed E-state index contributed by atoms with van der Waals surface area (Å²) in [5.74, 6) is -2.07. The van der Waals surface area contributed by atoms with Gasteiger partial charge in [0.25, 0.3) is 0 Å². The molecule has 256 valence electrons. The van der Waals surface area contributed by atoms with Gasteiger partial charge in [0.2, 0.25) is 29.5 Å². The molecule has 13 nitrogen and oxygen atoms in total. The quantitative estimate of drug-likeness (QED) is 0.168. The molecule has 2 aromatic rings. The molecule has 1 saturated carbocycles. The molecule has 5 amide bonds. The van der Waals surface area contributed by atoms with Crippen LogP contribution in [0.1, 0.15) is 60.9 Å². The Morgan fingerprint density at radius 2 is 1.69 bits per heavy atom. The SMILES string of the molecule is NC(N)=NCCC[C@@H]1NC(=O)[C@@H]2C[C@@H]3CCCC[C@@H]3N2C(=O)[C@H]2Cc3ccccc3CN2C(=O)[C@H](Cc2cccs2)NC(=O)CNC1=O. The van der Waals surface area contributed by atoms with Gasteiger partial charge in [-0.15, -0.1) is 11.3 Å². The second-order valence-electron chi connectivity index (χ2n) is 13.2. The van der Waals surface area contributed by atoms with Gasteiger partial charge in [-0.1, -0.05) is 43.2 Å². The van der Waals surface area contributed by atoms with Crippen molar-refractivity contribution in [2.75, 3.05) is 13.1 Å². The number of hydrogen-bond acceptors (Lipinski definition) is 7. The maximum atomic E-state index is 14.9. The highest BCUT2D eigenvalue weighted by Gasteiger charge is 2.51. The normalized spacial score (nSPS) is 28.0. The number of nitrogens with one attached hydrogen (secondary N) is 3. The zero-order valence-electron chi connectivity index (χ0n) is 26.9. The third-order valence-corrected chi connectivity index (χ3v) is 11.0. The Balaban J connectivity index is 1.38. The summed E-state index contributed by atoms with van der Waals surface area (Å²) in [6.45, 7) is 0.0695. The monoisotopic (exact) mass is 676 g/mol. The van der Waals surface area contributed by atoms with Crippen molar-refractivity contribution in [2.45, 2.75) is 94.5 Å². The van der Waals surface area contributed by atoms with Crippen molar-refractivity contribution < 1.29 is 24.0 Å². The fourth-order valence-electron chi connectivity index (χ4n) is 7.76. The standard InChI is InChI=1S/C34H44N8O5S/c35-34(36)37-13-5-11-24-30(44)38-18-29(43)39-25(17-23-10-6-14-48-23)32(46)41-19-22-9-2-1-7-20(22)15-28(41)33(47)42-26-12-4-3-8-21(26)16-27(42)31(45)40-24/h1-2,6-7,9-10,14,21,24-28H,3-5,8,11-13,15-19H2,(H,38,44)(H,39,43)(H,40,45)(H4,35,36,37)/t21-,24-,25-,26-,27-,28+/m0/s1. The lowest BCUT2D eigenvalue weighted by Crippen LogP contribution is -2.61. The van der Waals surface area contributed by atoms with Crippen LogP contribution in [0, 0.1) is 5.92 Å². The number of fused-ring (bicyclic) bond motifs is 5. The predicted molar refractivity (Wildman–Crippen MR) is 180 cm³/mol. The number of amides is 5. The molecule has 1 aromatic carbocycles. The minimum atomic E-state index is -0.981. The lowest BCUT2D eigenvalue weighted by molar-refractivity contribution is -0.152. The van der Waals surface area contributed by atoms with E-state index in [9.17, 15) is 24.0 Å². The molecular formula is C34H44N8O5S. The van der Waals surface area contributed by atoms with Crippen LogP contribution in [0.4, 0.5) is 0 Å². The number of benzene rings is 1. The molecule has 3 fully saturated rings. The van der Waals surface area contributed by atoms with Crippen LogP contribution in [0.15, 0.2) is 46.8 Å². The van der Waals surface area contributed by atoms with Gasteiger partial charge >= 0.3 is 0 Å². The summed E-state index contributed by atoms with van der Waals surface area (Å²) in [5, 5.41) is 10.3. The lowest BCUT2D eigenvalue weighted by Gasteiger charge is -2.42. The molecule has 3 aliphatic heterocycles. The van der Waals surface area contributed by atoms with Crippen molar-refractivity contribution in [2.24, 2.45) is 22.4 Å². The number of nitrogens with two attached hydrogens (primary N) is 2. The zero-order valence-corrected chi connectivity index (χ0v) is 27.8. The molecule has 0 bridgehead atoms. The van der Waals surface area contributed by atoms with Crippen LogP contribution in [0.3, 0.4) is 0 Å². The maximum Gasteiger partial charge on any atom is 0.246 e. The first kappa shape index (κ1) is 33.4. The number of aliphatic imine (C=N–C) groups is 1. The number of rotatable bonds is 6. The molecule has 4 heterocycles. The van der Waals surface area contributed by atoms with Gasteiger partial charge in [-0.3, -0.25) is 29.0 Å².